The Bertz CT molecular complexity index is 588. The van der Waals surface area contributed by atoms with Crippen molar-refractivity contribution >= 4 is 35.6 Å². The van der Waals surface area contributed by atoms with Crippen molar-refractivity contribution in [2.75, 3.05) is 72.4 Å². The molecule has 1 fully saturated rings. The molecular weight excluding hydrogens is 477 g/mol. The summed E-state index contributed by atoms with van der Waals surface area (Å²) in [5.74, 6) is 1.96. The lowest BCUT2D eigenvalue weighted by atomic mass is 10.1. The molecule has 0 spiro atoms. The average Bonchev–Trinajstić information content (AvgIpc) is 2.73. The third kappa shape index (κ3) is 9.42. The summed E-state index contributed by atoms with van der Waals surface area (Å²) in [6, 6.07) is 8.32. The van der Waals surface area contributed by atoms with Gasteiger partial charge in [0.05, 0.1) is 7.11 Å². The Hall–Kier alpha value is -1.22. The summed E-state index contributed by atoms with van der Waals surface area (Å²) in [4.78, 5) is 11.5. The zero-order valence-electron chi connectivity index (χ0n) is 18.7. The molecule has 0 amide bonds. The molecule has 1 N–H and O–H groups in total. The number of anilines is 1. The van der Waals surface area contributed by atoms with Crippen LogP contribution in [0.3, 0.4) is 0 Å². The van der Waals surface area contributed by atoms with Crippen LogP contribution in [0.4, 0.5) is 5.69 Å². The normalized spacial score (nSPS) is 14.7. The van der Waals surface area contributed by atoms with Crippen molar-refractivity contribution in [1.29, 1.82) is 0 Å². The third-order valence-corrected chi connectivity index (χ3v) is 5.27. The van der Waals surface area contributed by atoms with Gasteiger partial charge in [-0.3, -0.25) is 4.99 Å². The Morgan fingerprint density at radius 3 is 2.41 bits per heavy atom. The van der Waals surface area contributed by atoms with Gasteiger partial charge in [-0.05, 0) is 45.6 Å². The van der Waals surface area contributed by atoms with Gasteiger partial charge < -0.3 is 24.8 Å². The van der Waals surface area contributed by atoms with Crippen LogP contribution in [0.1, 0.15) is 32.1 Å². The van der Waals surface area contributed by atoms with Crippen LogP contribution in [0.25, 0.3) is 0 Å². The summed E-state index contributed by atoms with van der Waals surface area (Å²) in [6.45, 7) is 6.19. The monoisotopic (exact) mass is 517 g/mol. The summed E-state index contributed by atoms with van der Waals surface area (Å²) in [7, 11) is 7.90. The Labute approximate surface area is 194 Å². The number of nitrogens with zero attached hydrogens (tertiary/aromatic N) is 4. The number of benzene rings is 1. The number of piperazine rings is 1. The molecule has 1 heterocycles. The first-order valence-corrected chi connectivity index (χ1v) is 10.6. The molecule has 6 nitrogen and oxygen atoms in total. The van der Waals surface area contributed by atoms with Crippen LogP contribution in [0.2, 0.25) is 0 Å². The maximum atomic E-state index is 5.35. The van der Waals surface area contributed by atoms with Gasteiger partial charge in [0.1, 0.15) is 5.75 Å². The highest BCUT2D eigenvalue weighted by molar-refractivity contribution is 14.0. The molecule has 7 heteroatoms. The summed E-state index contributed by atoms with van der Waals surface area (Å²) in [5.41, 5.74) is 1.23. The van der Waals surface area contributed by atoms with E-state index in [1.54, 1.807) is 7.11 Å². The SMILES string of the molecule is CN=C(NCCCCCCCN(C)C)N1CCN(c2cccc(OC)c2)CC1.I. The molecule has 0 aliphatic carbocycles. The highest BCUT2D eigenvalue weighted by Gasteiger charge is 2.19. The van der Waals surface area contributed by atoms with Crippen LogP contribution in [-0.2, 0) is 0 Å². The van der Waals surface area contributed by atoms with Crippen molar-refractivity contribution < 1.29 is 4.74 Å². The van der Waals surface area contributed by atoms with E-state index in [2.05, 4.69) is 57.3 Å². The van der Waals surface area contributed by atoms with Crippen molar-refractivity contribution in [2.45, 2.75) is 32.1 Å². The number of hydrogen-bond donors (Lipinski definition) is 1. The molecule has 0 aromatic heterocycles. The Morgan fingerprint density at radius 2 is 1.76 bits per heavy atom. The molecule has 0 bridgehead atoms. The molecule has 1 saturated heterocycles. The minimum absolute atomic E-state index is 0. The minimum Gasteiger partial charge on any atom is -0.497 e. The van der Waals surface area contributed by atoms with Crippen LogP contribution in [0.15, 0.2) is 29.3 Å². The van der Waals surface area contributed by atoms with E-state index >= 15 is 0 Å². The smallest absolute Gasteiger partial charge is 0.193 e. The minimum atomic E-state index is 0. The fourth-order valence-corrected chi connectivity index (χ4v) is 3.60. The van der Waals surface area contributed by atoms with Crippen LogP contribution >= 0.6 is 24.0 Å². The summed E-state index contributed by atoms with van der Waals surface area (Å²) in [5, 5.41) is 3.55. The van der Waals surface area contributed by atoms with Gasteiger partial charge in [-0.25, -0.2) is 0 Å². The van der Waals surface area contributed by atoms with E-state index in [0.717, 1.165) is 44.4 Å². The second kappa shape index (κ2) is 14.7. The number of aliphatic imine (C=N–C) groups is 1. The van der Waals surface area contributed by atoms with Crippen molar-refractivity contribution in [3.63, 3.8) is 0 Å². The molecule has 1 aromatic rings. The highest BCUT2D eigenvalue weighted by Crippen LogP contribution is 2.22. The van der Waals surface area contributed by atoms with Gasteiger partial charge in [0, 0.05) is 51.5 Å². The first-order chi connectivity index (χ1) is 13.6. The largest absolute Gasteiger partial charge is 0.497 e. The van der Waals surface area contributed by atoms with Crippen molar-refractivity contribution in [2.24, 2.45) is 4.99 Å². The number of ether oxygens (including phenoxy) is 1. The van der Waals surface area contributed by atoms with Crippen molar-refractivity contribution in [1.82, 2.24) is 15.1 Å². The number of rotatable bonds is 10. The molecule has 0 unspecified atom stereocenters. The van der Waals surface area contributed by atoms with Crippen LogP contribution in [-0.4, -0.2) is 83.3 Å². The Kier molecular flexibility index (Phi) is 13.1. The van der Waals surface area contributed by atoms with E-state index in [-0.39, 0.29) is 24.0 Å². The van der Waals surface area contributed by atoms with E-state index < -0.39 is 0 Å². The second-order valence-electron chi connectivity index (χ2n) is 7.72. The van der Waals surface area contributed by atoms with Gasteiger partial charge in [-0.1, -0.05) is 25.3 Å². The molecule has 0 atom stereocenters. The third-order valence-electron chi connectivity index (χ3n) is 5.27. The Balaban J connectivity index is 0.00000420. The van der Waals surface area contributed by atoms with Crippen molar-refractivity contribution in [3.8, 4) is 5.75 Å². The van der Waals surface area contributed by atoms with Crippen molar-refractivity contribution in [3.05, 3.63) is 24.3 Å². The highest BCUT2D eigenvalue weighted by atomic mass is 127. The van der Waals surface area contributed by atoms with Crippen LogP contribution in [0.5, 0.6) is 5.75 Å². The number of hydrogen-bond acceptors (Lipinski definition) is 4. The number of guanidine groups is 1. The lowest BCUT2D eigenvalue weighted by Gasteiger charge is -2.37. The molecular formula is C22H40IN5O. The van der Waals surface area contributed by atoms with Gasteiger partial charge in [-0.15, -0.1) is 24.0 Å². The van der Waals surface area contributed by atoms with E-state index in [9.17, 15) is 0 Å². The van der Waals surface area contributed by atoms with Crippen LogP contribution in [0, 0.1) is 0 Å². The standard InChI is InChI=1S/C22H39N5O.HI/c1-23-22(24-13-8-6-5-7-9-14-25(2)3)27-17-15-26(16-18-27)20-11-10-12-21(19-20)28-4;/h10-12,19H,5-9,13-18H2,1-4H3,(H,23,24);1H. The van der Waals surface area contributed by atoms with E-state index in [1.165, 1.54) is 44.3 Å². The van der Waals surface area contributed by atoms with Gasteiger partial charge in [-0.2, -0.15) is 0 Å². The average molecular weight is 518 g/mol. The predicted octanol–water partition coefficient (Wildman–Crippen LogP) is 3.52. The lowest BCUT2D eigenvalue weighted by molar-refractivity contribution is 0.371. The first-order valence-electron chi connectivity index (χ1n) is 10.6. The topological polar surface area (TPSA) is 43.3 Å². The molecule has 1 aliphatic heterocycles. The molecule has 29 heavy (non-hydrogen) atoms. The summed E-state index contributed by atoms with van der Waals surface area (Å²) >= 11 is 0. The quantitative estimate of drug-likeness (QED) is 0.223. The number of methoxy groups -OCH3 is 1. The van der Waals surface area contributed by atoms with Gasteiger partial charge >= 0.3 is 0 Å². The van der Waals surface area contributed by atoms with E-state index in [1.807, 2.05) is 13.1 Å². The zero-order valence-corrected chi connectivity index (χ0v) is 21.0. The fourth-order valence-electron chi connectivity index (χ4n) is 3.60. The van der Waals surface area contributed by atoms with Gasteiger partial charge in [0.25, 0.3) is 0 Å². The van der Waals surface area contributed by atoms with E-state index in [0.29, 0.717) is 0 Å². The molecule has 1 aromatic carbocycles. The molecule has 2 rings (SSSR count). The maximum absolute atomic E-state index is 5.35. The Morgan fingerprint density at radius 1 is 1.07 bits per heavy atom. The predicted molar refractivity (Wildman–Crippen MR) is 135 cm³/mol. The molecule has 1 aliphatic rings. The maximum Gasteiger partial charge on any atom is 0.193 e. The van der Waals surface area contributed by atoms with Crippen LogP contribution < -0.4 is 15.0 Å². The second-order valence-corrected chi connectivity index (χ2v) is 7.72. The molecule has 0 saturated carbocycles. The zero-order chi connectivity index (χ0) is 20.2. The number of halogens is 1. The summed E-state index contributed by atoms with van der Waals surface area (Å²) < 4.78 is 5.35. The molecule has 166 valence electrons. The first kappa shape index (κ1) is 25.8. The molecule has 0 radical (unpaired) electrons. The lowest BCUT2D eigenvalue weighted by Crippen LogP contribution is -2.52. The number of nitrogens with one attached hydrogen (secondary N) is 1. The number of unbranched alkanes of at least 4 members (excludes halogenated alkanes) is 4. The van der Waals surface area contributed by atoms with Gasteiger partial charge in [0.15, 0.2) is 5.96 Å². The van der Waals surface area contributed by atoms with Gasteiger partial charge in [0.2, 0.25) is 0 Å². The fraction of sp³-hybridized carbons (Fsp3) is 0.682. The van der Waals surface area contributed by atoms with E-state index in [4.69, 9.17) is 4.74 Å². The summed E-state index contributed by atoms with van der Waals surface area (Å²) in [6.07, 6.45) is 6.47.